The minimum absolute atomic E-state index is 0.0308. The number of aromatic nitrogens is 5. The molecule has 0 unspecified atom stereocenters. The van der Waals surface area contributed by atoms with E-state index in [-0.39, 0.29) is 17.7 Å². The zero-order chi connectivity index (χ0) is 11.4. The quantitative estimate of drug-likeness (QED) is 0.588. The Morgan fingerprint density at radius 2 is 2.50 bits per heavy atom. The predicted octanol–water partition coefficient (Wildman–Crippen LogP) is -1.26. The molecule has 9 heteroatoms. The molecule has 2 aromatic heterocycles. The lowest BCUT2D eigenvalue weighted by atomic mass is 10.4. The zero-order valence-corrected chi connectivity index (χ0v) is 8.17. The highest BCUT2D eigenvalue weighted by molar-refractivity contribution is 5.90. The van der Waals surface area contributed by atoms with Gasteiger partial charge in [0.1, 0.15) is 0 Å². The summed E-state index contributed by atoms with van der Waals surface area (Å²) < 4.78 is 4.54. The largest absolute Gasteiger partial charge is 0.366 e. The molecule has 84 valence electrons. The van der Waals surface area contributed by atoms with E-state index in [9.17, 15) is 4.79 Å². The fourth-order valence-corrected chi connectivity index (χ4v) is 1.05. The number of nitrogen functional groups attached to an aromatic ring is 1. The molecule has 0 saturated heterocycles. The Labute approximate surface area is 89.4 Å². The summed E-state index contributed by atoms with van der Waals surface area (Å²) in [5.41, 5.74) is 5.26. The van der Waals surface area contributed by atoms with E-state index < -0.39 is 0 Å². The summed E-state index contributed by atoms with van der Waals surface area (Å²) in [6.07, 6.45) is 1.71. The minimum atomic E-state index is -0.382. The van der Waals surface area contributed by atoms with Gasteiger partial charge in [-0.1, -0.05) is 5.16 Å². The van der Waals surface area contributed by atoms with Crippen LogP contribution >= 0.6 is 0 Å². The Hall–Kier alpha value is -2.45. The van der Waals surface area contributed by atoms with Crippen molar-refractivity contribution in [2.75, 3.05) is 12.3 Å². The number of hydrogen-bond donors (Lipinski definition) is 3. The number of carbonyl (C=O) groups is 1. The Kier molecular flexibility index (Phi) is 2.76. The van der Waals surface area contributed by atoms with Crippen LogP contribution in [0.1, 0.15) is 16.4 Å². The molecule has 2 rings (SSSR count). The van der Waals surface area contributed by atoms with E-state index in [1.165, 1.54) is 6.39 Å². The number of nitrogens with two attached hydrogens (primary N) is 1. The Morgan fingerprint density at radius 1 is 1.62 bits per heavy atom. The number of carbonyl (C=O) groups excluding carboxylic acids is 1. The Balaban J connectivity index is 1.80. The fraction of sp³-hybridized carbons (Fsp3) is 0.286. The van der Waals surface area contributed by atoms with E-state index in [0.717, 1.165) is 0 Å². The highest BCUT2D eigenvalue weighted by Gasteiger charge is 2.09. The second-order valence-corrected chi connectivity index (χ2v) is 2.90. The molecule has 0 aliphatic rings. The number of aromatic amines is 1. The standard InChI is InChI=1S/C7H9N7O2/c8-7-11-5(12-13-7)6(15)9-2-1-4-10-3-16-14-4/h3H,1-2H2,(H,9,15)(H3,8,11,12,13). The molecule has 2 aromatic rings. The van der Waals surface area contributed by atoms with Gasteiger partial charge < -0.3 is 15.6 Å². The lowest BCUT2D eigenvalue weighted by molar-refractivity contribution is 0.0944. The average Bonchev–Trinajstić information content (AvgIpc) is 2.89. The number of nitrogens with zero attached hydrogens (tertiary/aromatic N) is 4. The zero-order valence-electron chi connectivity index (χ0n) is 8.17. The van der Waals surface area contributed by atoms with Crippen molar-refractivity contribution in [3.8, 4) is 0 Å². The van der Waals surface area contributed by atoms with Crippen molar-refractivity contribution in [1.82, 2.24) is 30.6 Å². The smallest absolute Gasteiger partial charge is 0.288 e. The number of amides is 1. The molecule has 0 bridgehead atoms. The van der Waals surface area contributed by atoms with Crippen LogP contribution in [0.15, 0.2) is 10.9 Å². The summed E-state index contributed by atoms with van der Waals surface area (Å²) in [6, 6.07) is 0. The van der Waals surface area contributed by atoms with E-state index in [4.69, 9.17) is 5.73 Å². The van der Waals surface area contributed by atoms with Crippen molar-refractivity contribution in [1.29, 1.82) is 0 Å². The van der Waals surface area contributed by atoms with E-state index in [0.29, 0.717) is 18.8 Å². The molecule has 0 saturated carbocycles. The van der Waals surface area contributed by atoms with Gasteiger partial charge in [-0.25, -0.2) is 0 Å². The van der Waals surface area contributed by atoms with Gasteiger partial charge in [-0.05, 0) is 0 Å². The molecule has 0 aliphatic heterocycles. The van der Waals surface area contributed by atoms with E-state index in [1.807, 2.05) is 0 Å². The highest BCUT2D eigenvalue weighted by atomic mass is 16.5. The van der Waals surface area contributed by atoms with Crippen LogP contribution in [0, 0.1) is 0 Å². The van der Waals surface area contributed by atoms with Crippen LogP contribution < -0.4 is 11.1 Å². The van der Waals surface area contributed by atoms with Gasteiger partial charge in [0.15, 0.2) is 5.82 Å². The van der Waals surface area contributed by atoms with Gasteiger partial charge in [0.2, 0.25) is 18.2 Å². The lowest BCUT2D eigenvalue weighted by Crippen LogP contribution is -2.27. The van der Waals surface area contributed by atoms with Crippen LogP contribution in [-0.4, -0.2) is 37.8 Å². The predicted molar refractivity (Wildman–Crippen MR) is 51.1 cm³/mol. The van der Waals surface area contributed by atoms with Gasteiger partial charge >= 0.3 is 0 Å². The van der Waals surface area contributed by atoms with Crippen molar-refractivity contribution in [2.45, 2.75) is 6.42 Å². The average molecular weight is 223 g/mol. The SMILES string of the molecule is Nc1n[nH]c(C(=O)NCCc2ncon2)n1. The van der Waals surface area contributed by atoms with Crippen molar-refractivity contribution in [2.24, 2.45) is 0 Å². The normalized spacial score (nSPS) is 10.2. The van der Waals surface area contributed by atoms with Crippen LogP contribution in [0.3, 0.4) is 0 Å². The van der Waals surface area contributed by atoms with Gasteiger partial charge in [-0.3, -0.25) is 9.89 Å². The molecule has 16 heavy (non-hydrogen) atoms. The van der Waals surface area contributed by atoms with Gasteiger partial charge in [0.25, 0.3) is 5.91 Å². The van der Waals surface area contributed by atoms with Crippen LogP contribution in [0.4, 0.5) is 5.95 Å². The molecule has 0 radical (unpaired) electrons. The van der Waals surface area contributed by atoms with Gasteiger partial charge in [0.05, 0.1) is 0 Å². The second kappa shape index (κ2) is 4.38. The van der Waals surface area contributed by atoms with E-state index in [1.54, 1.807) is 0 Å². The monoisotopic (exact) mass is 223 g/mol. The fourth-order valence-electron chi connectivity index (χ4n) is 1.05. The van der Waals surface area contributed by atoms with Crippen molar-refractivity contribution < 1.29 is 9.32 Å². The number of anilines is 1. The maximum absolute atomic E-state index is 11.4. The van der Waals surface area contributed by atoms with Crippen LogP contribution in [-0.2, 0) is 6.42 Å². The molecule has 2 heterocycles. The van der Waals surface area contributed by atoms with E-state index in [2.05, 4.69) is 35.2 Å². The molecule has 0 fully saturated rings. The Bertz CT molecular complexity index is 463. The molecule has 9 nitrogen and oxygen atoms in total. The van der Waals surface area contributed by atoms with Gasteiger partial charge in [-0.15, -0.1) is 5.10 Å². The summed E-state index contributed by atoms with van der Waals surface area (Å²) >= 11 is 0. The molecular weight excluding hydrogens is 214 g/mol. The Morgan fingerprint density at radius 3 is 3.12 bits per heavy atom. The molecule has 1 amide bonds. The number of nitrogens with one attached hydrogen (secondary N) is 2. The topological polar surface area (TPSA) is 136 Å². The lowest BCUT2D eigenvalue weighted by Gasteiger charge is -1.99. The molecule has 4 N–H and O–H groups in total. The highest BCUT2D eigenvalue weighted by Crippen LogP contribution is 1.93. The molecular formula is C7H9N7O2. The first-order valence-electron chi connectivity index (χ1n) is 4.47. The third-order valence-corrected chi connectivity index (χ3v) is 1.76. The molecule has 0 spiro atoms. The third kappa shape index (κ3) is 2.32. The first-order chi connectivity index (χ1) is 7.75. The summed E-state index contributed by atoms with van der Waals surface area (Å²) in [5, 5.41) is 12.1. The van der Waals surface area contributed by atoms with E-state index >= 15 is 0 Å². The van der Waals surface area contributed by atoms with Gasteiger partial charge in [0, 0.05) is 13.0 Å². The molecule has 0 atom stereocenters. The van der Waals surface area contributed by atoms with Crippen LogP contribution in [0.2, 0.25) is 0 Å². The molecule has 0 aromatic carbocycles. The number of hydrogen-bond acceptors (Lipinski definition) is 7. The van der Waals surface area contributed by atoms with Crippen molar-refractivity contribution in [3.63, 3.8) is 0 Å². The number of H-pyrrole nitrogens is 1. The summed E-state index contributed by atoms with van der Waals surface area (Å²) in [7, 11) is 0. The maximum atomic E-state index is 11.4. The third-order valence-electron chi connectivity index (χ3n) is 1.76. The van der Waals surface area contributed by atoms with Crippen LogP contribution in [0.25, 0.3) is 0 Å². The first-order valence-corrected chi connectivity index (χ1v) is 4.47. The van der Waals surface area contributed by atoms with Gasteiger partial charge in [-0.2, -0.15) is 9.97 Å². The summed E-state index contributed by atoms with van der Waals surface area (Å²) in [5.74, 6) is 0.249. The summed E-state index contributed by atoms with van der Waals surface area (Å²) in [6.45, 7) is 0.374. The molecule has 0 aliphatic carbocycles. The van der Waals surface area contributed by atoms with Crippen molar-refractivity contribution in [3.05, 3.63) is 18.0 Å². The second-order valence-electron chi connectivity index (χ2n) is 2.90. The minimum Gasteiger partial charge on any atom is -0.366 e. The first kappa shape index (κ1) is 10.1. The summed E-state index contributed by atoms with van der Waals surface area (Å²) in [4.78, 5) is 18.9. The number of rotatable bonds is 4. The van der Waals surface area contributed by atoms with Crippen LogP contribution in [0.5, 0.6) is 0 Å². The van der Waals surface area contributed by atoms with Crippen molar-refractivity contribution >= 4 is 11.9 Å². The maximum Gasteiger partial charge on any atom is 0.288 e.